The molecule has 3 rings (SSSR count). The van der Waals surface area contributed by atoms with Gasteiger partial charge in [-0.25, -0.2) is 4.79 Å². The van der Waals surface area contributed by atoms with Crippen molar-refractivity contribution in [3.63, 3.8) is 0 Å². The molecular weight excluding hydrogens is 180 g/mol. The predicted octanol–water partition coefficient (Wildman–Crippen LogP) is 1.47. The van der Waals surface area contributed by atoms with Gasteiger partial charge in [0.25, 0.3) is 0 Å². The predicted molar refractivity (Wildman–Crippen MR) is 49.1 cm³/mol. The van der Waals surface area contributed by atoms with E-state index in [0.29, 0.717) is 12.2 Å². The molecule has 0 amide bonds. The summed E-state index contributed by atoms with van der Waals surface area (Å²) in [4.78, 5) is 11.3. The Hall–Kier alpha value is -1.35. The standard InChI is InChI=1S/C11H10O3/c12-11-9-2-1-8(10-6-14-10)5-7(9)3-4-13-11/h1-2,5,10H,3-4,6H2/t10-/m0/s1. The van der Waals surface area contributed by atoms with Crippen LogP contribution in [0.5, 0.6) is 0 Å². The summed E-state index contributed by atoms with van der Waals surface area (Å²) < 4.78 is 10.1. The summed E-state index contributed by atoms with van der Waals surface area (Å²) in [6.07, 6.45) is 1.08. The van der Waals surface area contributed by atoms with Crippen molar-refractivity contribution in [2.45, 2.75) is 12.5 Å². The number of hydrogen-bond donors (Lipinski definition) is 0. The van der Waals surface area contributed by atoms with Crippen molar-refractivity contribution in [1.29, 1.82) is 0 Å². The third kappa shape index (κ3) is 1.21. The molecule has 1 fully saturated rings. The van der Waals surface area contributed by atoms with Crippen molar-refractivity contribution in [2.24, 2.45) is 0 Å². The lowest BCUT2D eigenvalue weighted by atomic mass is 9.99. The maximum Gasteiger partial charge on any atom is 0.338 e. The molecule has 2 aliphatic rings. The molecule has 0 radical (unpaired) electrons. The lowest BCUT2D eigenvalue weighted by molar-refractivity contribution is 0.0480. The first-order chi connectivity index (χ1) is 6.84. The van der Waals surface area contributed by atoms with E-state index < -0.39 is 0 Å². The summed E-state index contributed by atoms with van der Waals surface area (Å²) >= 11 is 0. The van der Waals surface area contributed by atoms with Crippen molar-refractivity contribution in [1.82, 2.24) is 0 Å². The Balaban J connectivity index is 2.04. The van der Waals surface area contributed by atoms with Gasteiger partial charge in [-0.2, -0.15) is 0 Å². The minimum Gasteiger partial charge on any atom is -0.462 e. The Morgan fingerprint density at radius 2 is 2.21 bits per heavy atom. The van der Waals surface area contributed by atoms with Crippen LogP contribution in [0.3, 0.4) is 0 Å². The molecule has 0 unspecified atom stereocenters. The lowest BCUT2D eigenvalue weighted by Gasteiger charge is -2.15. The number of fused-ring (bicyclic) bond motifs is 1. The van der Waals surface area contributed by atoms with Crippen LogP contribution < -0.4 is 0 Å². The molecule has 72 valence electrons. The fourth-order valence-electron chi connectivity index (χ4n) is 1.79. The smallest absolute Gasteiger partial charge is 0.338 e. The number of carbonyl (C=O) groups excluding carboxylic acids is 1. The molecule has 14 heavy (non-hydrogen) atoms. The van der Waals surface area contributed by atoms with E-state index >= 15 is 0 Å². The van der Waals surface area contributed by atoms with Gasteiger partial charge in [0.2, 0.25) is 0 Å². The van der Waals surface area contributed by atoms with Gasteiger partial charge in [0.15, 0.2) is 0 Å². The van der Waals surface area contributed by atoms with Crippen LogP contribution in [0.4, 0.5) is 0 Å². The van der Waals surface area contributed by atoms with Crippen molar-refractivity contribution >= 4 is 5.97 Å². The van der Waals surface area contributed by atoms with Gasteiger partial charge in [-0.15, -0.1) is 0 Å². The minimum atomic E-state index is -0.200. The topological polar surface area (TPSA) is 38.8 Å². The van der Waals surface area contributed by atoms with E-state index in [-0.39, 0.29) is 12.1 Å². The first-order valence-corrected chi connectivity index (χ1v) is 4.76. The number of esters is 1. The van der Waals surface area contributed by atoms with E-state index in [4.69, 9.17) is 9.47 Å². The van der Waals surface area contributed by atoms with Crippen LogP contribution >= 0.6 is 0 Å². The summed E-state index contributed by atoms with van der Waals surface area (Å²) in [5.74, 6) is -0.200. The Morgan fingerprint density at radius 3 is 3.00 bits per heavy atom. The van der Waals surface area contributed by atoms with Crippen molar-refractivity contribution in [2.75, 3.05) is 13.2 Å². The van der Waals surface area contributed by atoms with Crippen molar-refractivity contribution in [3.8, 4) is 0 Å². The van der Waals surface area contributed by atoms with Crippen molar-refractivity contribution in [3.05, 3.63) is 34.9 Å². The summed E-state index contributed by atoms with van der Waals surface area (Å²) in [5, 5.41) is 0. The Bertz CT molecular complexity index is 394. The van der Waals surface area contributed by atoms with Crippen LogP contribution in [0.25, 0.3) is 0 Å². The molecule has 1 aromatic carbocycles. The average molecular weight is 190 g/mol. The van der Waals surface area contributed by atoms with Crippen LogP contribution in [-0.4, -0.2) is 19.2 Å². The molecule has 0 spiro atoms. The second kappa shape index (κ2) is 2.82. The third-order valence-corrected chi connectivity index (χ3v) is 2.66. The second-order valence-electron chi connectivity index (χ2n) is 3.62. The molecule has 3 nitrogen and oxygen atoms in total. The number of carbonyl (C=O) groups is 1. The van der Waals surface area contributed by atoms with E-state index in [1.54, 1.807) is 0 Å². The third-order valence-electron chi connectivity index (χ3n) is 2.66. The highest BCUT2D eigenvalue weighted by atomic mass is 16.6. The van der Waals surface area contributed by atoms with Gasteiger partial charge < -0.3 is 9.47 Å². The van der Waals surface area contributed by atoms with E-state index in [2.05, 4.69) is 6.07 Å². The average Bonchev–Trinajstić information content (AvgIpc) is 3.01. The number of rotatable bonds is 1. The fourth-order valence-corrected chi connectivity index (χ4v) is 1.79. The molecule has 0 bridgehead atoms. The molecule has 3 heteroatoms. The number of ether oxygens (including phenoxy) is 2. The highest BCUT2D eigenvalue weighted by molar-refractivity contribution is 5.92. The van der Waals surface area contributed by atoms with E-state index in [1.807, 2.05) is 12.1 Å². The maximum atomic E-state index is 11.3. The summed E-state index contributed by atoms with van der Waals surface area (Å²) in [5.41, 5.74) is 2.98. The Morgan fingerprint density at radius 1 is 1.36 bits per heavy atom. The molecular formula is C11H10O3. The van der Waals surface area contributed by atoms with E-state index in [0.717, 1.165) is 18.6 Å². The normalized spacial score (nSPS) is 24.0. The van der Waals surface area contributed by atoms with E-state index in [1.165, 1.54) is 5.56 Å². The van der Waals surface area contributed by atoms with Crippen LogP contribution in [0.1, 0.15) is 27.6 Å². The van der Waals surface area contributed by atoms with Gasteiger partial charge in [-0.05, 0) is 17.2 Å². The van der Waals surface area contributed by atoms with Gasteiger partial charge >= 0.3 is 5.97 Å². The monoisotopic (exact) mass is 190 g/mol. The van der Waals surface area contributed by atoms with Crippen LogP contribution in [0.15, 0.2) is 18.2 Å². The molecule has 2 heterocycles. The largest absolute Gasteiger partial charge is 0.462 e. The number of hydrogen-bond acceptors (Lipinski definition) is 3. The van der Waals surface area contributed by atoms with Gasteiger partial charge in [0.1, 0.15) is 6.10 Å². The molecule has 0 aliphatic carbocycles. The minimum absolute atomic E-state index is 0.200. The number of cyclic esters (lactones) is 1. The van der Waals surface area contributed by atoms with Crippen LogP contribution in [-0.2, 0) is 15.9 Å². The molecule has 1 aromatic rings. The quantitative estimate of drug-likeness (QED) is 0.497. The molecule has 1 atom stereocenters. The zero-order chi connectivity index (χ0) is 9.54. The first-order valence-electron chi connectivity index (χ1n) is 4.76. The molecule has 0 N–H and O–H groups in total. The number of benzene rings is 1. The fraction of sp³-hybridized carbons (Fsp3) is 0.364. The second-order valence-corrected chi connectivity index (χ2v) is 3.62. The van der Waals surface area contributed by atoms with Gasteiger partial charge in [-0.3, -0.25) is 0 Å². The molecule has 1 saturated heterocycles. The van der Waals surface area contributed by atoms with Gasteiger partial charge in [-0.1, -0.05) is 12.1 Å². The lowest BCUT2D eigenvalue weighted by Crippen LogP contribution is -2.17. The highest BCUT2D eigenvalue weighted by Crippen LogP contribution is 2.31. The Labute approximate surface area is 81.6 Å². The van der Waals surface area contributed by atoms with Crippen LogP contribution in [0, 0.1) is 0 Å². The van der Waals surface area contributed by atoms with Gasteiger partial charge in [0, 0.05) is 6.42 Å². The highest BCUT2D eigenvalue weighted by Gasteiger charge is 2.27. The zero-order valence-corrected chi connectivity index (χ0v) is 7.66. The zero-order valence-electron chi connectivity index (χ0n) is 7.66. The summed E-state index contributed by atoms with van der Waals surface area (Å²) in [6.45, 7) is 1.31. The maximum absolute atomic E-state index is 11.3. The molecule has 0 aromatic heterocycles. The van der Waals surface area contributed by atoms with Gasteiger partial charge in [0.05, 0.1) is 18.8 Å². The molecule has 2 aliphatic heterocycles. The first kappa shape index (κ1) is 8.00. The molecule has 0 saturated carbocycles. The van der Waals surface area contributed by atoms with Crippen molar-refractivity contribution < 1.29 is 14.3 Å². The SMILES string of the molecule is O=C1OCCc2cc([C@@H]3CO3)ccc21. The number of epoxide rings is 1. The summed E-state index contributed by atoms with van der Waals surface area (Å²) in [6, 6.07) is 5.85. The van der Waals surface area contributed by atoms with E-state index in [9.17, 15) is 4.79 Å². The Kier molecular flexibility index (Phi) is 1.61. The van der Waals surface area contributed by atoms with Crippen LogP contribution in [0.2, 0.25) is 0 Å². The summed E-state index contributed by atoms with van der Waals surface area (Å²) in [7, 11) is 0.